The highest BCUT2D eigenvalue weighted by molar-refractivity contribution is 6.31. The average molecular weight is 380 g/mol. The zero-order chi connectivity index (χ0) is 19.1. The van der Waals surface area contributed by atoms with Crippen molar-refractivity contribution in [3.63, 3.8) is 0 Å². The third-order valence-corrected chi connectivity index (χ3v) is 4.20. The van der Waals surface area contributed by atoms with Crippen molar-refractivity contribution in [3.8, 4) is 0 Å². The van der Waals surface area contributed by atoms with Crippen LogP contribution in [0.5, 0.6) is 0 Å². The Morgan fingerprint density at radius 2 is 1.33 bits per heavy atom. The van der Waals surface area contributed by atoms with Crippen molar-refractivity contribution in [1.29, 1.82) is 0 Å². The quantitative estimate of drug-likeness (QED) is 0.589. The number of hydrogen-bond donors (Lipinski definition) is 3. The molecule has 27 heavy (non-hydrogen) atoms. The van der Waals surface area contributed by atoms with Crippen LogP contribution in [-0.2, 0) is 6.54 Å². The minimum Gasteiger partial charge on any atom is -0.348 e. The number of anilines is 2. The van der Waals surface area contributed by atoms with E-state index < -0.39 is 0 Å². The lowest BCUT2D eigenvalue weighted by Gasteiger charge is -2.09. The van der Waals surface area contributed by atoms with Crippen LogP contribution < -0.4 is 16.0 Å². The number of benzene rings is 3. The van der Waals surface area contributed by atoms with Gasteiger partial charge >= 0.3 is 6.03 Å². The van der Waals surface area contributed by atoms with E-state index in [4.69, 9.17) is 11.6 Å². The van der Waals surface area contributed by atoms with Crippen LogP contribution in [0.1, 0.15) is 15.9 Å². The summed E-state index contributed by atoms with van der Waals surface area (Å²) in [6, 6.07) is 22.8. The zero-order valence-corrected chi connectivity index (χ0v) is 15.2. The fourth-order valence-electron chi connectivity index (χ4n) is 2.44. The summed E-state index contributed by atoms with van der Waals surface area (Å²) in [5, 5.41) is 8.89. The minimum atomic E-state index is -0.350. The Morgan fingerprint density at radius 3 is 2.00 bits per heavy atom. The number of rotatable bonds is 5. The van der Waals surface area contributed by atoms with E-state index in [0.29, 0.717) is 28.5 Å². The molecule has 0 heterocycles. The van der Waals surface area contributed by atoms with Crippen molar-refractivity contribution in [2.24, 2.45) is 0 Å². The maximum Gasteiger partial charge on any atom is 0.323 e. The van der Waals surface area contributed by atoms with E-state index in [2.05, 4.69) is 16.0 Å². The molecule has 0 aliphatic rings. The molecular weight excluding hydrogens is 362 g/mol. The Morgan fingerprint density at radius 1 is 0.741 bits per heavy atom. The van der Waals surface area contributed by atoms with Crippen molar-refractivity contribution in [3.05, 3.63) is 95.0 Å². The van der Waals surface area contributed by atoms with E-state index in [-0.39, 0.29) is 11.9 Å². The van der Waals surface area contributed by atoms with Gasteiger partial charge in [0.25, 0.3) is 5.91 Å². The summed E-state index contributed by atoms with van der Waals surface area (Å²) in [4.78, 5) is 24.2. The molecule has 0 bridgehead atoms. The summed E-state index contributed by atoms with van der Waals surface area (Å²) >= 11 is 6.08. The molecule has 3 aromatic carbocycles. The van der Waals surface area contributed by atoms with Crippen LogP contribution in [0, 0.1) is 0 Å². The van der Waals surface area contributed by atoms with Gasteiger partial charge in [0.1, 0.15) is 0 Å². The second-order valence-corrected chi connectivity index (χ2v) is 6.20. The lowest BCUT2D eigenvalue weighted by atomic mass is 10.1. The summed E-state index contributed by atoms with van der Waals surface area (Å²) in [5.41, 5.74) is 2.64. The number of nitrogens with one attached hydrogen (secondary N) is 3. The second kappa shape index (κ2) is 8.87. The predicted molar refractivity (Wildman–Crippen MR) is 108 cm³/mol. The lowest BCUT2D eigenvalue weighted by molar-refractivity contribution is 0.0951. The third-order valence-electron chi connectivity index (χ3n) is 3.83. The fraction of sp³-hybridized carbons (Fsp3) is 0.0476. The topological polar surface area (TPSA) is 70.2 Å². The smallest absolute Gasteiger partial charge is 0.323 e. The molecule has 0 spiro atoms. The van der Waals surface area contributed by atoms with Crippen LogP contribution in [0.3, 0.4) is 0 Å². The molecule has 3 N–H and O–H groups in total. The van der Waals surface area contributed by atoms with Crippen molar-refractivity contribution in [2.45, 2.75) is 6.54 Å². The van der Waals surface area contributed by atoms with Crippen LogP contribution >= 0.6 is 11.6 Å². The second-order valence-electron chi connectivity index (χ2n) is 5.80. The Labute approximate surface area is 162 Å². The first-order valence-electron chi connectivity index (χ1n) is 8.36. The highest BCUT2D eigenvalue weighted by atomic mass is 35.5. The summed E-state index contributed by atoms with van der Waals surface area (Å²) < 4.78 is 0. The highest BCUT2D eigenvalue weighted by Crippen LogP contribution is 2.15. The molecule has 6 heteroatoms. The van der Waals surface area contributed by atoms with E-state index in [9.17, 15) is 9.59 Å². The van der Waals surface area contributed by atoms with Gasteiger partial charge in [0, 0.05) is 28.5 Å². The van der Waals surface area contributed by atoms with E-state index in [1.807, 2.05) is 36.4 Å². The SMILES string of the molecule is O=C(Nc1ccccc1)Nc1ccc(C(=O)NCc2ccccc2Cl)cc1. The molecule has 0 aromatic heterocycles. The van der Waals surface area contributed by atoms with Crippen molar-refractivity contribution in [2.75, 3.05) is 10.6 Å². The van der Waals surface area contributed by atoms with Gasteiger partial charge in [0.15, 0.2) is 0 Å². The van der Waals surface area contributed by atoms with Gasteiger partial charge in [0.05, 0.1) is 0 Å². The molecule has 3 amide bonds. The number of carbonyl (C=O) groups excluding carboxylic acids is 2. The number of carbonyl (C=O) groups is 2. The van der Waals surface area contributed by atoms with Crippen LogP contribution in [0.4, 0.5) is 16.2 Å². The van der Waals surface area contributed by atoms with Crippen LogP contribution in [-0.4, -0.2) is 11.9 Å². The van der Waals surface area contributed by atoms with E-state index >= 15 is 0 Å². The van der Waals surface area contributed by atoms with Crippen molar-refractivity contribution >= 4 is 34.9 Å². The first kappa shape index (κ1) is 18.5. The van der Waals surface area contributed by atoms with Gasteiger partial charge in [-0.2, -0.15) is 0 Å². The molecule has 3 rings (SSSR count). The van der Waals surface area contributed by atoms with E-state index in [1.165, 1.54) is 0 Å². The first-order valence-corrected chi connectivity index (χ1v) is 8.74. The molecule has 0 aliphatic carbocycles. The standard InChI is InChI=1S/C21H18ClN3O2/c22-19-9-5-4-6-16(19)14-23-20(26)15-10-12-18(13-11-15)25-21(27)24-17-7-2-1-3-8-17/h1-13H,14H2,(H,23,26)(H2,24,25,27). The number of amides is 3. The molecule has 0 fully saturated rings. The van der Waals surface area contributed by atoms with E-state index in [0.717, 1.165) is 5.56 Å². The maximum absolute atomic E-state index is 12.3. The molecule has 5 nitrogen and oxygen atoms in total. The van der Waals surface area contributed by atoms with Gasteiger partial charge in [0.2, 0.25) is 0 Å². The van der Waals surface area contributed by atoms with Crippen LogP contribution in [0.25, 0.3) is 0 Å². The van der Waals surface area contributed by atoms with Crippen LogP contribution in [0.2, 0.25) is 5.02 Å². The third kappa shape index (κ3) is 5.33. The molecule has 136 valence electrons. The summed E-state index contributed by atoms with van der Waals surface area (Å²) in [5.74, 6) is -0.213. The Bertz CT molecular complexity index is 928. The Hall–Kier alpha value is -3.31. The molecule has 0 unspecified atom stereocenters. The van der Waals surface area contributed by atoms with Gasteiger partial charge in [-0.25, -0.2) is 4.79 Å². The summed E-state index contributed by atoms with van der Waals surface area (Å²) in [7, 11) is 0. The molecule has 0 atom stereocenters. The minimum absolute atomic E-state index is 0.213. The van der Waals surface area contributed by atoms with Gasteiger partial charge < -0.3 is 16.0 Å². The number of hydrogen-bond acceptors (Lipinski definition) is 2. The molecule has 0 saturated heterocycles. The van der Waals surface area contributed by atoms with E-state index in [1.54, 1.807) is 42.5 Å². The summed E-state index contributed by atoms with van der Waals surface area (Å²) in [6.07, 6.45) is 0. The normalized spacial score (nSPS) is 10.1. The molecule has 0 saturated carbocycles. The fourth-order valence-corrected chi connectivity index (χ4v) is 2.64. The zero-order valence-electron chi connectivity index (χ0n) is 14.4. The Balaban J connectivity index is 1.54. The molecule has 0 aliphatic heterocycles. The van der Waals surface area contributed by atoms with Crippen molar-refractivity contribution in [1.82, 2.24) is 5.32 Å². The van der Waals surface area contributed by atoms with Crippen molar-refractivity contribution < 1.29 is 9.59 Å². The largest absolute Gasteiger partial charge is 0.348 e. The number of urea groups is 1. The van der Waals surface area contributed by atoms with Gasteiger partial charge in [-0.3, -0.25) is 4.79 Å². The average Bonchev–Trinajstić information content (AvgIpc) is 2.68. The van der Waals surface area contributed by atoms with Gasteiger partial charge in [-0.15, -0.1) is 0 Å². The number of para-hydroxylation sites is 1. The predicted octanol–water partition coefficient (Wildman–Crippen LogP) is 4.91. The van der Waals surface area contributed by atoms with Gasteiger partial charge in [-0.1, -0.05) is 48.0 Å². The lowest BCUT2D eigenvalue weighted by Crippen LogP contribution is -2.23. The number of halogens is 1. The monoisotopic (exact) mass is 379 g/mol. The first-order chi connectivity index (χ1) is 13.1. The Kier molecular flexibility index (Phi) is 6.07. The van der Waals surface area contributed by atoms with Crippen LogP contribution in [0.15, 0.2) is 78.9 Å². The molecule has 3 aromatic rings. The van der Waals surface area contributed by atoms with Gasteiger partial charge in [-0.05, 0) is 48.0 Å². The molecular formula is C21H18ClN3O2. The molecule has 0 radical (unpaired) electrons. The summed E-state index contributed by atoms with van der Waals surface area (Å²) in [6.45, 7) is 0.345. The maximum atomic E-state index is 12.3. The highest BCUT2D eigenvalue weighted by Gasteiger charge is 2.08.